The van der Waals surface area contributed by atoms with Crippen LogP contribution in [0.15, 0.2) is 53.0 Å². The predicted molar refractivity (Wildman–Crippen MR) is 128 cm³/mol. The molecule has 0 aliphatic heterocycles. The summed E-state index contributed by atoms with van der Waals surface area (Å²) in [6.45, 7) is 1.96. The van der Waals surface area contributed by atoms with E-state index in [1.54, 1.807) is 43.2 Å². The molecule has 0 radical (unpaired) electrons. The molecule has 32 heavy (non-hydrogen) atoms. The van der Waals surface area contributed by atoms with Crippen LogP contribution in [-0.4, -0.2) is 42.5 Å². The van der Waals surface area contributed by atoms with Gasteiger partial charge in [-0.1, -0.05) is 47.3 Å². The topological polar surface area (TPSA) is 67.9 Å². The minimum absolute atomic E-state index is 0.119. The molecule has 1 fully saturated rings. The van der Waals surface area contributed by atoms with Crippen LogP contribution in [0.3, 0.4) is 0 Å². The van der Waals surface area contributed by atoms with E-state index in [1.807, 2.05) is 24.3 Å². The summed E-state index contributed by atoms with van der Waals surface area (Å²) in [5, 5.41) is 3.14. The van der Waals surface area contributed by atoms with Gasteiger partial charge in [-0.05, 0) is 61.7 Å². The third-order valence-corrected chi connectivity index (χ3v) is 6.34. The van der Waals surface area contributed by atoms with Crippen molar-refractivity contribution in [2.75, 3.05) is 13.7 Å². The van der Waals surface area contributed by atoms with Crippen LogP contribution in [0.4, 0.5) is 0 Å². The summed E-state index contributed by atoms with van der Waals surface area (Å²) in [6, 6.07) is 14.4. The number of amides is 2. The van der Waals surface area contributed by atoms with Gasteiger partial charge in [0.05, 0.1) is 7.11 Å². The van der Waals surface area contributed by atoms with Crippen LogP contribution < -0.4 is 14.8 Å². The molecule has 0 saturated heterocycles. The number of methoxy groups -OCH3 is 1. The summed E-state index contributed by atoms with van der Waals surface area (Å²) in [5.41, 5.74) is 0.948. The lowest BCUT2D eigenvalue weighted by Gasteiger charge is -2.31. The number of benzene rings is 2. The molecule has 1 N–H and O–H groups in total. The van der Waals surface area contributed by atoms with Gasteiger partial charge in [0.2, 0.25) is 5.91 Å². The van der Waals surface area contributed by atoms with Gasteiger partial charge in [-0.15, -0.1) is 0 Å². The first-order chi connectivity index (χ1) is 15.5. The molecule has 6 nitrogen and oxygen atoms in total. The Morgan fingerprint density at radius 2 is 1.66 bits per heavy atom. The predicted octanol–water partition coefficient (Wildman–Crippen LogP) is 4.70. The van der Waals surface area contributed by atoms with E-state index in [2.05, 4.69) is 21.2 Å². The van der Waals surface area contributed by atoms with E-state index >= 15 is 0 Å². The quantitative estimate of drug-likeness (QED) is 0.539. The van der Waals surface area contributed by atoms with Crippen molar-refractivity contribution in [3.8, 4) is 11.5 Å². The number of hydrogen-bond acceptors (Lipinski definition) is 4. The fraction of sp³-hybridized carbons (Fsp3) is 0.440. The van der Waals surface area contributed by atoms with Crippen molar-refractivity contribution in [2.24, 2.45) is 0 Å². The second kappa shape index (κ2) is 11.9. The maximum absolute atomic E-state index is 13.1. The van der Waals surface area contributed by atoms with Crippen LogP contribution in [0.1, 0.15) is 44.6 Å². The maximum Gasteiger partial charge on any atom is 0.261 e. The fourth-order valence-corrected chi connectivity index (χ4v) is 4.10. The number of carbonyl (C=O) groups is 2. The van der Waals surface area contributed by atoms with Crippen LogP contribution in [0, 0.1) is 0 Å². The minimum atomic E-state index is -0.604. The van der Waals surface area contributed by atoms with Crippen LogP contribution in [-0.2, 0) is 16.1 Å². The highest BCUT2D eigenvalue weighted by molar-refractivity contribution is 9.10. The Labute approximate surface area is 198 Å². The first-order valence-electron chi connectivity index (χ1n) is 11.1. The SMILES string of the molecule is COc1ccc(OCC(=O)N(Cc2ccc(Br)cc2)[C@@H](C)C(=O)NC2CCCCC2)cc1. The Hall–Kier alpha value is -2.54. The first kappa shape index (κ1) is 24.1. The molecule has 0 aromatic heterocycles. The monoisotopic (exact) mass is 502 g/mol. The van der Waals surface area contributed by atoms with E-state index in [4.69, 9.17) is 9.47 Å². The largest absolute Gasteiger partial charge is 0.497 e. The van der Waals surface area contributed by atoms with Crippen molar-refractivity contribution in [1.82, 2.24) is 10.2 Å². The highest BCUT2D eigenvalue weighted by Gasteiger charge is 2.28. The third kappa shape index (κ3) is 6.99. The number of ether oxygens (including phenoxy) is 2. The number of nitrogens with one attached hydrogen (secondary N) is 1. The first-order valence-corrected chi connectivity index (χ1v) is 11.9. The number of carbonyl (C=O) groups excluding carboxylic acids is 2. The lowest BCUT2D eigenvalue weighted by Crippen LogP contribution is -2.51. The van der Waals surface area contributed by atoms with E-state index in [-0.39, 0.29) is 24.5 Å². The Kier molecular flexibility index (Phi) is 8.97. The molecule has 0 heterocycles. The molecule has 2 amide bonds. The van der Waals surface area contributed by atoms with Gasteiger partial charge in [0.25, 0.3) is 5.91 Å². The summed E-state index contributed by atoms with van der Waals surface area (Å²) in [7, 11) is 1.60. The second-order valence-electron chi connectivity index (χ2n) is 8.13. The van der Waals surface area contributed by atoms with E-state index in [0.717, 1.165) is 35.7 Å². The number of nitrogens with zero attached hydrogens (tertiary/aromatic N) is 1. The zero-order valence-electron chi connectivity index (χ0n) is 18.7. The molecule has 1 atom stereocenters. The molecule has 172 valence electrons. The van der Waals surface area contributed by atoms with Gasteiger partial charge in [-0.3, -0.25) is 9.59 Å². The van der Waals surface area contributed by atoms with E-state index < -0.39 is 6.04 Å². The van der Waals surface area contributed by atoms with Gasteiger partial charge in [-0.2, -0.15) is 0 Å². The second-order valence-corrected chi connectivity index (χ2v) is 9.05. The normalized spacial score (nSPS) is 15.0. The molecule has 2 aromatic rings. The van der Waals surface area contributed by atoms with Crippen molar-refractivity contribution >= 4 is 27.7 Å². The van der Waals surface area contributed by atoms with Crippen LogP contribution in [0.25, 0.3) is 0 Å². The molecular formula is C25H31BrN2O4. The van der Waals surface area contributed by atoms with Crippen LogP contribution in [0.2, 0.25) is 0 Å². The molecule has 1 aliphatic carbocycles. The van der Waals surface area contributed by atoms with Gasteiger partial charge in [0, 0.05) is 17.1 Å². The molecular weight excluding hydrogens is 472 g/mol. The smallest absolute Gasteiger partial charge is 0.261 e. The minimum Gasteiger partial charge on any atom is -0.497 e. The third-order valence-electron chi connectivity index (χ3n) is 5.81. The summed E-state index contributed by atoms with van der Waals surface area (Å²) >= 11 is 3.44. The van der Waals surface area contributed by atoms with Crippen molar-refractivity contribution in [3.63, 3.8) is 0 Å². The number of rotatable bonds is 9. The average Bonchev–Trinajstić information content (AvgIpc) is 2.82. The van der Waals surface area contributed by atoms with Crippen LogP contribution in [0.5, 0.6) is 11.5 Å². The standard InChI is InChI=1S/C25H31BrN2O4/c1-18(25(30)27-21-6-4-3-5-7-21)28(16-19-8-10-20(26)11-9-19)24(29)17-32-23-14-12-22(31-2)13-15-23/h8-15,18,21H,3-7,16-17H2,1-2H3,(H,27,30)/t18-/m0/s1. The van der Waals surface area contributed by atoms with Gasteiger partial charge < -0.3 is 19.7 Å². The zero-order valence-corrected chi connectivity index (χ0v) is 20.3. The van der Waals surface area contributed by atoms with Gasteiger partial charge in [0.15, 0.2) is 6.61 Å². The summed E-state index contributed by atoms with van der Waals surface area (Å²) in [5.74, 6) is 0.928. The van der Waals surface area contributed by atoms with Crippen molar-refractivity contribution in [2.45, 2.75) is 57.7 Å². The number of halogens is 1. The molecule has 2 aromatic carbocycles. The van der Waals surface area contributed by atoms with Crippen molar-refractivity contribution in [3.05, 3.63) is 58.6 Å². The summed E-state index contributed by atoms with van der Waals surface area (Å²) < 4.78 is 11.8. The molecule has 0 spiro atoms. The molecule has 1 aliphatic rings. The zero-order chi connectivity index (χ0) is 22.9. The lowest BCUT2D eigenvalue weighted by atomic mass is 9.95. The average molecular weight is 503 g/mol. The maximum atomic E-state index is 13.1. The van der Waals surface area contributed by atoms with Crippen LogP contribution >= 0.6 is 15.9 Å². The molecule has 3 rings (SSSR count). The Bertz CT molecular complexity index is 880. The highest BCUT2D eigenvalue weighted by Crippen LogP contribution is 2.20. The van der Waals surface area contributed by atoms with Gasteiger partial charge >= 0.3 is 0 Å². The van der Waals surface area contributed by atoms with Gasteiger partial charge in [-0.25, -0.2) is 0 Å². The van der Waals surface area contributed by atoms with E-state index in [9.17, 15) is 9.59 Å². The number of hydrogen-bond donors (Lipinski definition) is 1. The fourth-order valence-electron chi connectivity index (χ4n) is 3.84. The molecule has 7 heteroatoms. The Morgan fingerprint density at radius 3 is 2.28 bits per heavy atom. The van der Waals surface area contributed by atoms with E-state index in [1.165, 1.54) is 6.42 Å². The highest BCUT2D eigenvalue weighted by atomic mass is 79.9. The van der Waals surface area contributed by atoms with Crippen molar-refractivity contribution in [1.29, 1.82) is 0 Å². The van der Waals surface area contributed by atoms with E-state index in [0.29, 0.717) is 18.0 Å². The summed E-state index contributed by atoms with van der Waals surface area (Å²) in [4.78, 5) is 27.7. The summed E-state index contributed by atoms with van der Waals surface area (Å²) in [6.07, 6.45) is 5.49. The van der Waals surface area contributed by atoms with Crippen molar-refractivity contribution < 1.29 is 19.1 Å². The van der Waals surface area contributed by atoms with Gasteiger partial charge in [0.1, 0.15) is 17.5 Å². The molecule has 0 bridgehead atoms. The lowest BCUT2D eigenvalue weighted by molar-refractivity contribution is -0.142. The molecule has 1 saturated carbocycles. The molecule has 0 unspecified atom stereocenters. The Morgan fingerprint density at radius 1 is 1.03 bits per heavy atom. The Balaban J connectivity index is 1.68.